The molecule has 0 saturated carbocycles. The molecule has 1 heterocycles. The van der Waals surface area contributed by atoms with Crippen molar-refractivity contribution in [3.05, 3.63) is 0 Å². The average Bonchev–Trinajstić information content (AvgIpc) is 2.44. The summed E-state index contributed by atoms with van der Waals surface area (Å²) >= 11 is 0. The van der Waals surface area contributed by atoms with Crippen molar-refractivity contribution >= 4 is 10.2 Å². The van der Waals surface area contributed by atoms with Gasteiger partial charge in [0.1, 0.15) is 0 Å². The van der Waals surface area contributed by atoms with Crippen LogP contribution in [0.4, 0.5) is 0 Å². The van der Waals surface area contributed by atoms with Gasteiger partial charge in [0.25, 0.3) is 10.2 Å². The molecule has 21 heavy (non-hydrogen) atoms. The summed E-state index contributed by atoms with van der Waals surface area (Å²) in [5.41, 5.74) is 0. The van der Waals surface area contributed by atoms with Crippen molar-refractivity contribution in [1.29, 1.82) is 0 Å². The number of hydrogen-bond donors (Lipinski definition) is 2. The largest absolute Gasteiger partial charge is 0.379 e. The van der Waals surface area contributed by atoms with Crippen LogP contribution in [0.5, 0.6) is 0 Å². The van der Waals surface area contributed by atoms with Gasteiger partial charge in [-0.05, 0) is 13.0 Å². The number of nitrogens with one attached hydrogen (secondary N) is 2. The first-order chi connectivity index (χ1) is 9.92. The second kappa shape index (κ2) is 9.70. The van der Waals surface area contributed by atoms with Crippen LogP contribution in [0, 0.1) is 0 Å². The molecule has 1 fully saturated rings. The Kier molecular flexibility index (Phi) is 8.69. The summed E-state index contributed by atoms with van der Waals surface area (Å²) in [5, 5.41) is 3.28. The van der Waals surface area contributed by atoms with Crippen molar-refractivity contribution in [2.75, 3.05) is 59.5 Å². The third-order valence-corrected chi connectivity index (χ3v) is 5.00. The van der Waals surface area contributed by atoms with E-state index in [0.29, 0.717) is 19.1 Å². The Bertz CT molecular complexity index is 370. The summed E-state index contributed by atoms with van der Waals surface area (Å²) < 4.78 is 33.4. The van der Waals surface area contributed by atoms with Gasteiger partial charge in [0.15, 0.2) is 0 Å². The second-order valence-electron chi connectivity index (χ2n) is 5.64. The maximum Gasteiger partial charge on any atom is 0.279 e. The highest BCUT2D eigenvalue weighted by Crippen LogP contribution is 1.98. The molecule has 1 rings (SSSR count). The molecule has 126 valence electrons. The molecule has 0 unspecified atom stereocenters. The van der Waals surface area contributed by atoms with E-state index in [1.54, 1.807) is 7.05 Å². The van der Waals surface area contributed by atoms with Crippen molar-refractivity contribution in [3.8, 4) is 0 Å². The molecule has 0 aliphatic carbocycles. The van der Waals surface area contributed by atoms with Gasteiger partial charge in [-0.2, -0.15) is 12.7 Å². The lowest BCUT2D eigenvalue weighted by atomic mass is 10.3. The van der Waals surface area contributed by atoms with Crippen LogP contribution in [0.15, 0.2) is 0 Å². The first-order valence-corrected chi connectivity index (χ1v) is 9.10. The quantitative estimate of drug-likeness (QED) is 0.529. The van der Waals surface area contributed by atoms with Gasteiger partial charge in [-0.1, -0.05) is 13.8 Å². The van der Waals surface area contributed by atoms with Crippen molar-refractivity contribution in [1.82, 2.24) is 19.2 Å². The van der Waals surface area contributed by atoms with Gasteiger partial charge in [0.2, 0.25) is 0 Å². The molecule has 1 aliphatic heterocycles. The molecule has 0 radical (unpaired) electrons. The SMILES string of the molecule is CC(C)NCCCN(C)S(=O)(=O)NCCN1CCOCC1. The molecule has 0 aromatic carbocycles. The van der Waals surface area contributed by atoms with Gasteiger partial charge in [-0.25, -0.2) is 4.72 Å². The van der Waals surface area contributed by atoms with Gasteiger partial charge in [0.05, 0.1) is 13.2 Å². The van der Waals surface area contributed by atoms with Gasteiger partial charge < -0.3 is 10.1 Å². The lowest BCUT2D eigenvalue weighted by Crippen LogP contribution is -2.45. The summed E-state index contributed by atoms with van der Waals surface area (Å²) in [6, 6.07) is 0.429. The minimum atomic E-state index is -3.36. The third-order valence-electron chi connectivity index (χ3n) is 3.43. The van der Waals surface area contributed by atoms with Gasteiger partial charge in [-0.15, -0.1) is 0 Å². The molecule has 8 heteroatoms. The smallest absolute Gasteiger partial charge is 0.279 e. The van der Waals surface area contributed by atoms with E-state index in [1.807, 2.05) is 0 Å². The first-order valence-electron chi connectivity index (χ1n) is 7.66. The standard InChI is InChI=1S/C13H30N4O3S/c1-13(2)14-5-4-7-16(3)21(18,19)15-6-8-17-9-11-20-12-10-17/h13-15H,4-12H2,1-3H3. The predicted molar refractivity (Wildman–Crippen MR) is 84.6 cm³/mol. The van der Waals surface area contributed by atoms with Crippen LogP contribution in [-0.4, -0.2) is 83.2 Å². The van der Waals surface area contributed by atoms with E-state index >= 15 is 0 Å². The monoisotopic (exact) mass is 322 g/mol. The number of ether oxygens (including phenoxy) is 1. The molecule has 7 nitrogen and oxygen atoms in total. The van der Waals surface area contributed by atoms with E-state index in [9.17, 15) is 8.42 Å². The highest BCUT2D eigenvalue weighted by Gasteiger charge is 2.17. The Morgan fingerprint density at radius 3 is 2.52 bits per heavy atom. The highest BCUT2D eigenvalue weighted by molar-refractivity contribution is 7.87. The van der Waals surface area contributed by atoms with Crippen molar-refractivity contribution in [2.45, 2.75) is 26.3 Å². The molecule has 1 saturated heterocycles. The van der Waals surface area contributed by atoms with E-state index < -0.39 is 10.2 Å². The minimum absolute atomic E-state index is 0.429. The van der Waals surface area contributed by atoms with Crippen LogP contribution in [0.25, 0.3) is 0 Å². The average molecular weight is 322 g/mol. The van der Waals surface area contributed by atoms with Crippen LogP contribution in [0.1, 0.15) is 20.3 Å². The van der Waals surface area contributed by atoms with E-state index in [0.717, 1.165) is 45.8 Å². The van der Waals surface area contributed by atoms with Crippen LogP contribution in [0.2, 0.25) is 0 Å². The summed E-state index contributed by atoms with van der Waals surface area (Å²) in [6.45, 7) is 9.88. The predicted octanol–water partition coefficient (Wildman–Crippen LogP) is -0.527. The summed E-state index contributed by atoms with van der Waals surface area (Å²) in [7, 11) is -1.75. The Labute approximate surface area is 129 Å². The minimum Gasteiger partial charge on any atom is -0.379 e. The molecule has 0 aromatic rings. The lowest BCUT2D eigenvalue weighted by molar-refractivity contribution is 0.0390. The molecule has 0 amide bonds. The number of nitrogens with zero attached hydrogens (tertiary/aromatic N) is 2. The zero-order valence-corrected chi connectivity index (χ0v) is 14.3. The fourth-order valence-electron chi connectivity index (χ4n) is 2.08. The highest BCUT2D eigenvalue weighted by atomic mass is 32.2. The van der Waals surface area contributed by atoms with Crippen LogP contribution < -0.4 is 10.0 Å². The first kappa shape index (κ1) is 18.8. The van der Waals surface area contributed by atoms with Crippen molar-refractivity contribution in [2.24, 2.45) is 0 Å². The molecule has 0 bridgehead atoms. The third kappa shape index (κ3) is 8.08. The van der Waals surface area contributed by atoms with Crippen LogP contribution >= 0.6 is 0 Å². The Morgan fingerprint density at radius 2 is 1.90 bits per heavy atom. The summed E-state index contributed by atoms with van der Waals surface area (Å²) in [4.78, 5) is 2.21. The molecular weight excluding hydrogens is 292 g/mol. The topological polar surface area (TPSA) is 73.9 Å². The second-order valence-corrected chi connectivity index (χ2v) is 7.50. The fraction of sp³-hybridized carbons (Fsp3) is 1.00. The van der Waals surface area contributed by atoms with Gasteiger partial charge >= 0.3 is 0 Å². The zero-order chi connectivity index (χ0) is 15.7. The van der Waals surface area contributed by atoms with Gasteiger partial charge in [-0.3, -0.25) is 4.90 Å². The van der Waals surface area contributed by atoms with Crippen LogP contribution in [-0.2, 0) is 14.9 Å². The van der Waals surface area contributed by atoms with E-state index in [1.165, 1.54) is 4.31 Å². The normalized spacial score (nSPS) is 17.8. The van der Waals surface area contributed by atoms with E-state index in [2.05, 4.69) is 28.8 Å². The van der Waals surface area contributed by atoms with Crippen molar-refractivity contribution in [3.63, 3.8) is 0 Å². The van der Waals surface area contributed by atoms with E-state index in [4.69, 9.17) is 4.74 Å². The van der Waals surface area contributed by atoms with E-state index in [-0.39, 0.29) is 0 Å². The van der Waals surface area contributed by atoms with Crippen molar-refractivity contribution < 1.29 is 13.2 Å². The Hall–Kier alpha value is -0.250. The van der Waals surface area contributed by atoms with Crippen LogP contribution in [0.3, 0.4) is 0 Å². The maximum absolute atomic E-state index is 12.1. The molecule has 0 atom stereocenters. The number of morpholine rings is 1. The maximum atomic E-state index is 12.1. The number of rotatable bonds is 10. The molecule has 1 aliphatic rings. The molecule has 0 aromatic heterocycles. The summed E-state index contributed by atoms with van der Waals surface area (Å²) in [5.74, 6) is 0. The Balaban J connectivity index is 2.18. The number of hydrogen-bond acceptors (Lipinski definition) is 5. The zero-order valence-electron chi connectivity index (χ0n) is 13.5. The van der Waals surface area contributed by atoms with Gasteiger partial charge in [0, 0.05) is 45.8 Å². The fourth-order valence-corrected chi connectivity index (χ4v) is 3.02. The molecule has 2 N–H and O–H groups in total. The summed E-state index contributed by atoms with van der Waals surface area (Å²) in [6.07, 6.45) is 0.805. The molecule has 0 spiro atoms. The lowest BCUT2D eigenvalue weighted by Gasteiger charge is -2.27. The molecular formula is C13H30N4O3S. The Morgan fingerprint density at radius 1 is 1.24 bits per heavy atom.